The Labute approximate surface area is 124 Å². The van der Waals surface area contributed by atoms with Crippen molar-refractivity contribution in [3.05, 3.63) is 6.20 Å². The molecule has 2 aromatic heterocycles. The van der Waals surface area contributed by atoms with Gasteiger partial charge in [0.25, 0.3) is 0 Å². The third-order valence-corrected chi connectivity index (χ3v) is 4.46. The molecule has 0 spiro atoms. The second kappa shape index (κ2) is 5.48. The highest BCUT2D eigenvalue weighted by Crippen LogP contribution is 2.36. The molecule has 0 unspecified atom stereocenters. The first-order valence-corrected chi connectivity index (χ1v) is 7.51. The van der Waals surface area contributed by atoms with E-state index in [1.54, 1.807) is 6.20 Å². The number of fused-ring (bicyclic) bond motifs is 1. The van der Waals surface area contributed by atoms with Crippen LogP contribution in [-0.2, 0) is 0 Å². The fourth-order valence-electron chi connectivity index (χ4n) is 2.82. The summed E-state index contributed by atoms with van der Waals surface area (Å²) in [5, 5.41) is 14.6. The average Bonchev–Trinajstić information content (AvgIpc) is 2.85. The van der Waals surface area contributed by atoms with Crippen LogP contribution in [0.4, 0.5) is 11.8 Å². The van der Waals surface area contributed by atoms with Gasteiger partial charge in [-0.2, -0.15) is 15.1 Å². The largest absolute Gasteiger partial charge is 0.367 e. The van der Waals surface area contributed by atoms with Crippen molar-refractivity contribution in [2.24, 2.45) is 0 Å². The summed E-state index contributed by atoms with van der Waals surface area (Å²) in [5.74, 6) is 1.47. The number of nitrogens with zero attached hydrogens (tertiary/aromatic N) is 4. The first-order valence-electron chi connectivity index (χ1n) is 7.51. The Morgan fingerprint density at radius 2 is 2.10 bits per heavy atom. The van der Waals surface area contributed by atoms with Crippen LogP contribution in [0.15, 0.2) is 6.20 Å². The Kier molecular flexibility index (Phi) is 3.67. The molecule has 0 aromatic carbocycles. The van der Waals surface area contributed by atoms with Crippen LogP contribution in [0.5, 0.6) is 0 Å². The zero-order valence-electron chi connectivity index (χ0n) is 12.9. The first kappa shape index (κ1) is 14.1. The summed E-state index contributed by atoms with van der Waals surface area (Å²) in [5.41, 5.74) is 1.01. The Morgan fingerprint density at radius 3 is 2.71 bits per heavy atom. The molecule has 0 radical (unpaired) electrons. The Balaban J connectivity index is 1.84. The molecule has 1 saturated carbocycles. The summed E-state index contributed by atoms with van der Waals surface area (Å²) >= 11 is 0. The normalized spacial score (nSPS) is 17.0. The second-order valence-electron chi connectivity index (χ2n) is 5.88. The minimum Gasteiger partial charge on any atom is -0.367 e. The number of hydrogen-bond acceptors (Lipinski definition) is 6. The molecule has 7 nitrogen and oxygen atoms in total. The lowest BCUT2D eigenvalue weighted by Crippen LogP contribution is -2.54. The molecule has 2 aromatic rings. The van der Waals surface area contributed by atoms with Gasteiger partial charge in [0, 0.05) is 18.6 Å². The van der Waals surface area contributed by atoms with Gasteiger partial charge in [-0.1, -0.05) is 0 Å². The minimum absolute atomic E-state index is 0.249. The van der Waals surface area contributed by atoms with Crippen LogP contribution in [-0.4, -0.2) is 57.8 Å². The topological polar surface area (TPSA) is 81.8 Å². The van der Waals surface area contributed by atoms with E-state index in [4.69, 9.17) is 0 Å². The zero-order valence-corrected chi connectivity index (χ0v) is 12.9. The molecule has 0 bridgehead atoms. The van der Waals surface area contributed by atoms with E-state index in [9.17, 15) is 0 Å². The lowest BCUT2D eigenvalue weighted by atomic mass is 9.75. The number of H-pyrrole nitrogens is 1. The molecule has 0 saturated heterocycles. The van der Waals surface area contributed by atoms with Gasteiger partial charge < -0.3 is 15.5 Å². The molecule has 1 aliphatic carbocycles. The van der Waals surface area contributed by atoms with E-state index in [0.29, 0.717) is 5.95 Å². The molecule has 114 valence electrons. The lowest BCUT2D eigenvalue weighted by Gasteiger charge is -2.47. The molecule has 3 N–H and O–H groups in total. The predicted molar refractivity (Wildman–Crippen MR) is 84.6 cm³/mol. The Bertz CT molecular complexity index is 615. The average molecular weight is 289 g/mol. The lowest BCUT2D eigenvalue weighted by molar-refractivity contribution is 0.0738. The summed E-state index contributed by atoms with van der Waals surface area (Å²) in [4.78, 5) is 11.3. The molecule has 1 aliphatic rings. The molecule has 2 heterocycles. The van der Waals surface area contributed by atoms with Crippen molar-refractivity contribution in [1.29, 1.82) is 0 Å². The van der Waals surface area contributed by atoms with Gasteiger partial charge in [-0.05, 0) is 40.3 Å². The summed E-state index contributed by atoms with van der Waals surface area (Å²) in [7, 11) is 4.30. The van der Waals surface area contributed by atoms with Gasteiger partial charge in [-0.15, -0.1) is 0 Å². The van der Waals surface area contributed by atoms with Crippen molar-refractivity contribution in [2.75, 3.05) is 37.8 Å². The summed E-state index contributed by atoms with van der Waals surface area (Å²) in [6.45, 7) is 3.71. The second-order valence-corrected chi connectivity index (χ2v) is 5.88. The SMILES string of the molecule is CCNc1nc(NCC2(N(C)C)CCC2)c2cn[nH]c2n1. The van der Waals surface area contributed by atoms with Crippen LogP contribution < -0.4 is 10.6 Å². The van der Waals surface area contributed by atoms with E-state index in [2.05, 4.69) is 49.8 Å². The van der Waals surface area contributed by atoms with Crippen LogP contribution in [0.1, 0.15) is 26.2 Å². The minimum atomic E-state index is 0.249. The maximum absolute atomic E-state index is 4.57. The van der Waals surface area contributed by atoms with E-state index in [1.807, 2.05) is 6.92 Å². The third kappa shape index (κ3) is 2.53. The quantitative estimate of drug-likeness (QED) is 0.750. The van der Waals surface area contributed by atoms with Crippen LogP contribution in [0, 0.1) is 0 Å². The number of aromatic amines is 1. The molecule has 0 amide bonds. The van der Waals surface area contributed by atoms with Crippen molar-refractivity contribution in [1.82, 2.24) is 25.1 Å². The van der Waals surface area contributed by atoms with Gasteiger partial charge in [0.15, 0.2) is 5.65 Å². The molecule has 3 rings (SSSR count). The highest BCUT2D eigenvalue weighted by atomic mass is 15.2. The van der Waals surface area contributed by atoms with E-state index in [-0.39, 0.29) is 5.54 Å². The highest BCUT2D eigenvalue weighted by Gasteiger charge is 2.38. The van der Waals surface area contributed by atoms with Gasteiger partial charge in [0.05, 0.1) is 11.6 Å². The number of aromatic nitrogens is 4. The maximum atomic E-state index is 4.57. The monoisotopic (exact) mass is 289 g/mol. The number of nitrogens with one attached hydrogen (secondary N) is 3. The smallest absolute Gasteiger partial charge is 0.226 e. The Hall–Kier alpha value is -1.89. The van der Waals surface area contributed by atoms with Gasteiger partial charge in [0.1, 0.15) is 5.82 Å². The fraction of sp³-hybridized carbons (Fsp3) is 0.643. The van der Waals surface area contributed by atoms with Gasteiger partial charge in [0.2, 0.25) is 5.95 Å². The maximum Gasteiger partial charge on any atom is 0.226 e. The molecule has 0 aliphatic heterocycles. The van der Waals surface area contributed by atoms with E-state index >= 15 is 0 Å². The zero-order chi connectivity index (χ0) is 14.9. The van der Waals surface area contributed by atoms with Crippen LogP contribution in [0.3, 0.4) is 0 Å². The van der Waals surface area contributed by atoms with E-state index < -0.39 is 0 Å². The summed E-state index contributed by atoms with van der Waals surface area (Å²) < 4.78 is 0. The molecule has 0 atom stereocenters. The summed E-state index contributed by atoms with van der Waals surface area (Å²) in [6.07, 6.45) is 5.53. The number of rotatable bonds is 6. The summed E-state index contributed by atoms with van der Waals surface area (Å²) in [6, 6.07) is 0. The van der Waals surface area contributed by atoms with Crippen molar-refractivity contribution < 1.29 is 0 Å². The van der Waals surface area contributed by atoms with Crippen molar-refractivity contribution in [3.63, 3.8) is 0 Å². The third-order valence-electron chi connectivity index (χ3n) is 4.46. The van der Waals surface area contributed by atoms with Gasteiger partial charge in [-0.25, -0.2) is 0 Å². The molecule has 1 fully saturated rings. The number of anilines is 2. The first-order chi connectivity index (χ1) is 10.1. The molecule has 21 heavy (non-hydrogen) atoms. The van der Waals surface area contributed by atoms with Crippen molar-refractivity contribution in [2.45, 2.75) is 31.7 Å². The van der Waals surface area contributed by atoms with E-state index in [0.717, 1.165) is 29.9 Å². The Morgan fingerprint density at radius 1 is 1.29 bits per heavy atom. The molecular weight excluding hydrogens is 266 g/mol. The predicted octanol–water partition coefficient (Wildman–Crippen LogP) is 1.68. The number of hydrogen-bond donors (Lipinski definition) is 3. The fourth-order valence-corrected chi connectivity index (χ4v) is 2.82. The van der Waals surface area contributed by atoms with Crippen LogP contribution >= 0.6 is 0 Å². The van der Waals surface area contributed by atoms with Gasteiger partial charge in [-0.3, -0.25) is 5.10 Å². The highest BCUT2D eigenvalue weighted by molar-refractivity contribution is 5.87. The van der Waals surface area contributed by atoms with Crippen molar-refractivity contribution >= 4 is 22.8 Å². The number of likely N-dealkylation sites (N-methyl/N-ethyl adjacent to an activating group) is 1. The van der Waals surface area contributed by atoms with Crippen LogP contribution in [0.25, 0.3) is 11.0 Å². The molecule has 7 heteroatoms. The van der Waals surface area contributed by atoms with Crippen LogP contribution in [0.2, 0.25) is 0 Å². The standard InChI is InChI=1S/C14H23N7/c1-4-15-13-18-11(10-8-17-20-12(10)19-13)16-9-14(21(2)3)6-5-7-14/h8H,4-7,9H2,1-3H3,(H3,15,16,17,18,19,20). The van der Waals surface area contributed by atoms with E-state index in [1.165, 1.54) is 19.3 Å². The van der Waals surface area contributed by atoms with Crippen molar-refractivity contribution in [3.8, 4) is 0 Å². The van der Waals surface area contributed by atoms with Gasteiger partial charge >= 0.3 is 0 Å². The molecular formula is C14H23N7.